The van der Waals surface area contributed by atoms with Crippen molar-refractivity contribution in [3.05, 3.63) is 70.3 Å². The van der Waals surface area contributed by atoms with Crippen molar-refractivity contribution in [1.29, 1.82) is 0 Å². The molecule has 0 spiro atoms. The van der Waals surface area contributed by atoms with E-state index in [1.165, 1.54) is 31.7 Å². The molecule has 0 bridgehead atoms. The third kappa shape index (κ3) is 6.82. The van der Waals surface area contributed by atoms with E-state index in [9.17, 15) is 13.2 Å². The average molecular weight is 531 g/mol. The lowest BCUT2D eigenvalue weighted by atomic mass is 9.76. The first-order valence-electron chi connectivity index (χ1n) is 14.7. The van der Waals surface area contributed by atoms with E-state index in [0.29, 0.717) is 11.1 Å². The molecule has 4 rings (SSSR count). The van der Waals surface area contributed by atoms with Gasteiger partial charge in [0.05, 0.1) is 6.61 Å². The van der Waals surface area contributed by atoms with Crippen LogP contribution in [0.4, 0.5) is 17.6 Å². The van der Waals surface area contributed by atoms with Gasteiger partial charge in [-0.3, -0.25) is 0 Å². The van der Waals surface area contributed by atoms with Gasteiger partial charge in [0.1, 0.15) is 0 Å². The van der Waals surface area contributed by atoms with E-state index < -0.39 is 23.3 Å². The summed E-state index contributed by atoms with van der Waals surface area (Å²) in [5.74, 6) is -2.28. The Morgan fingerprint density at radius 2 is 1.32 bits per heavy atom. The molecule has 0 aromatic heterocycles. The van der Waals surface area contributed by atoms with Crippen LogP contribution in [0.25, 0.3) is 6.08 Å². The van der Waals surface area contributed by atoms with Crippen molar-refractivity contribution in [2.45, 2.75) is 103 Å². The Kier molecular flexibility index (Phi) is 10.3. The zero-order chi connectivity index (χ0) is 27.1. The molecule has 1 nitrogen and oxygen atoms in total. The Balaban J connectivity index is 1.32. The molecule has 5 heteroatoms. The molecule has 0 heterocycles. The summed E-state index contributed by atoms with van der Waals surface area (Å²) in [6, 6.07) is 6.62. The predicted octanol–water partition coefficient (Wildman–Crippen LogP) is 10.5. The molecule has 0 unspecified atom stereocenters. The fourth-order valence-corrected chi connectivity index (χ4v) is 6.46. The van der Waals surface area contributed by atoms with Crippen LogP contribution in [0.5, 0.6) is 5.75 Å². The summed E-state index contributed by atoms with van der Waals surface area (Å²) in [6.45, 7) is 4.23. The smallest absolute Gasteiger partial charge is 0.200 e. The molecular weight excluding hydrogens is 488 g/mol. The van der Waals surface area contributed by atoms with Crippen LogP contribution in [0.3, 0.4) is 0 Å². The Labute approximate surface area is 225 Å². The van der Waals surface area contributed by atoms with E-state index in [1.54, 1.807) is 31.2 Å². The number of hydrogen-bond acceptors (Lipinski definition) is 1. The minimum absolute atomic E-state index is 0.0549. The molecule has 0 N–H and O–H groups in total. The molecule has 2 saturated carbocycles. The number of ether oxygens (including phenoxy) is 1. The normalized spacial score (nSPS) is 24.2. The van der Waals surface area contributed by atoms with Gasteiger partial charge in [-0.25, -0.2) is 13.2 Å². The Morgan fingerprint density at radius 1 is 0.711 bits per heavy atom. The highest BCUT2D eigenvalue weighted by molar-refractivity contribution is 5.52. The van der Waals surface area contributed by atoms with Gasteiger partial charge in [0, 0.05) is 5.56 Å². The van der Waals surface area contributed by atoms with Gasteiger partial charge in [-0.2, -0.15) is 4.39 Å². The van der Waals surface area contributed by atoms with Crippen molar-refractivity contribution in [3.63, 3.8) is 0 Å². The predicted molar refractivity (Wildman–Crippen MR) is 146 cm³/mol. The van der Waals surface area contributed by atoms with Crippen LogP contribution in [-0.2, 0) is 0 Å². The van der Waals surface area contributed by atoms with E-state index in [0.717, 1.165) is 57.3 Å². The lowest BCUT2D eigenvalue weighted by Crippen LogP contribution is -2.15. The van der Waals surface area contributed by atoms with E-state index in [-0.39, 0.29) is 35.7 Å². The number of allylic oxidation sites excluding steroid dienone is 1. The van der Waals surface area contributed by atoms with Crippen molar-refractivity contribution in [3.8, 4) is 5.75 Å². The van der Waals surface area contributed by atoms with Crippen molar-refractivity contribution in [2.75, 3.05) is 6.61 Å². The van der Waals surface area contributed by atoms with Gasteiger partial charge in [0.25, 0.3) is 0 Å². The van der Waals surface area contributed by atoms with Crippen molar-refractivity contribution < 1.29 is 22.3 Å². The SMILES string of the molecule is CCCCCC1CCC(c2ccc(C=CC3CCC(c4ccc(OCC)c(F)c4F)CC3)c(F)c2F)CC1. The van der Waals surface area contributed by atoms with Crippen LogP contribution in [0.2, 0.25) is 0 Å². The first kappa shape index (κ1) is 28.7. The number of hydrogen-bond donors (Lipinski definition) is 0. The maximum Gasteiger partial charge on any atom is 0.200 e. The molecule has 2 aromatic rings. The number of unbranched alkanes of at least 4 members (excludes halogenated alkanes) is 2. The van der Waals surface area contributed by atoms with Crippen molar-refractivity contribution in [2.24, 2.45) is 11.8 Å². The third-order valence-corrected chi connectivity index (χ3v) is 8.78. The highest BCUT2D eigenvalue weighted by Crippen LogP contribution is 2.41. The molecule has 2 aliphatic carbocycles. The van der Waals surface area contributed by atoms with Crippen LogP contribution in [0, 0.1) is 35.1 Å². The third-order valence-electron chi connectivity index (χ3n) is 8.78. The van der Waals surface area contributed by atoms with Gasteiger partial charge in [-0.05, 0) is 99.2 Å². The maximum absolute atomic E-state index is 15.1. The fraction of sp³-hybridized carbons (Fsp3) is 0.576. The highest BCUT2D eigenvalue weighted by atomic mass is 19.2. The second-order valence-electron chi connectivity index (χ2n) is 11.3. The second-order valence-corrected chi connectivity index (χ2v) is 11.3. The first-order valence-corrected chi connectivity index (χ1v) is 14.7. The van der Waals surface area contributed by atoms with E-state index >= 15 is 4.39 Å². The van der Waals surface area contributed by atoms with E-state index in [2.05, 4.69) is 6.92 Å². The lowest BCUT2D eigenvalue weighted by Gasteiger charge is -2.29. The first-order chi connectivity index (χ1) is 18.4. The average Bonchev–Trinajstić information content (AvgIpc) is 2.93. The molecule has 0 radical (unpaired) electrons. The molecule has 0 atom stereocenters. The fourth-order valence-electron chi connectivity index (χ4n) is 6.46. The zero-order valence-corrected chi connectivity index (χ0v) is 22.9. The molecule has 38 heavy (non-hydrogen) atoms. The van der Waals surface area contributed by atoms with Gasteiger partial charge in [-0.15, -0.1) is 0 Å². The van der Waals surface area contributed by atoms with Crippen LogP contribution < -0.4 is 4.74 Å². The van der Waals surface area contributed by atoms with Gasteiger partial charge in [0.15, 0.2) is 23.2 Å². The largest absolute Gasteiger partial charge is 0.491 e. The zero-order valence-electron chi connectivity index (χ0n) is 22.9. The van der Waals surface area contributed by atoms with Crippen LogP contribution in [-0.4, -0.2) is 6.61 Å². The van der Waals surface area contributed by atoms with Crippen LogP contribution in [0.15, 0.2) is 30.3 Å². The van der Waals surface area contributed by atoms with Gasteiger partial charge in [0.2, 0.25) is 5.82 Å². The van der Waals surface area contributed by atoms with E-state index in [1.807, 2.05) is 6.08 Å². The van der Waals surface area contributed by atoms with Gasteiger partial charge < -0.3 is 4.74 Å². The number of rotatable bonds is 10. The Morgan fingerprint density at radius 3 is 1.95 bits per heavy atom. The summed E-state index contributed by atoms with van der Waals surface area (Å²) in [6.07, 6.45) is 15.8. The summed E-state index contributed by atoms with van der Waals surface area (Å²) in [4.78, 5) is 0. The second kappa shape index (κ2) is 13.7. The summed E-state index contributed by atoms with van der Waals surface area (Å²) >= 11 is 0. The maximum atomic E-state index is 15.1. The monoisotopic (exact) mass is 530 g/mol. The summed E-state index contributed by atoms with van der Waals surface area (Å²) < 4.78 is 64.1. The lowest BCUT2D eigenvalue weighted by molar-refractivity contribution is 0.298. The summed E-state index contributed by atoms with van der Waals surface area (Å²) in [5.41, 5.74) is 1.20. The molecular formula is C33H42F4O. The topological polar surface area (TPSA) is 9.23 Å². The summed E-state index contributed by atoms with van der Waals surface area (Å²) in [5, 5.41) is 0. The molecule has 0 aliphatic heterocycles. The Bertz CT molecular complexity index is 1080. The molecule has 2 aromatic carbocycles. The van der Waals surface area contributed by atoms with Crippen molar-refractivity contribution in [1.82, 2.24) is 0 Å². The van der Waals surface area contributed by atoms with Gasteiger partial charge in [-0.1, -0.05) is 63.0 Å². The molecule has 2 fully saturated rings. The minimum atomic E-state index is -0.924. The molecule has 0 amide bonds. The van der Waals surface area contributed by atoms with Crippen molar-refractivity contribution >= 4 is 6.08 Å². The van der Waals surface area contributed by atoms with Gasteiger partial charge >= 0.3 is 0 Å². The molecule has 2 aliphatic rings. The number of benzene rings is 2. The van der Waals surface area contributed by atoms with Crippen LogP contribution >= 0.6 is 0 Å². The molecule has 0 saturated heterocycles. The highest BCUT2D eigenvalue weighted by Gasteiger charge is 2.27. The number of halogens is 4. The Hall–Kier alpha value is -2.30. The molecule has 208 valence electrons. The standard InChI is InChI=1S/C33H42F4O/c1-3-5-6-7-22-8-13-24(14-9-22)27-19-18-26(30(34)31(27)35)17-12-23-10-15-25(16-11-23)28-20-21-29(38-4-2)33(37)32(28)36/h12,17-25H,3-11,13-16H2,1-2H3. The van der Waals surface area contributed by atoms with Crippen LogP contribution in [0.1, 0.15) is 119 Å². The minimum Gasteiger partial charge on any atom is -0.491 e. The van der Waals surface area contributed by atoms with E-state index in [4.69, 9.17) is 4.74 Å². The summed E-state index contributed by atoms with van der Waals surface area (Å²) in [7, 11) is 0. The quantitative estimate of drug-likeness (QED) is 0.219.